The van der Waals surface area contributed by atoms with Crippen LogP contribution < -0.4 is 5.32 Å². The number of urea groups is 1. The predicted octanol–water partition coefficient (Wildman–Crippen LogP) is 5.64. The highest BCUT2D eigenvalue weighted by atomic mass is 16.3. The van der Waals surface area contributed by atoms with Crippen LogP contribution in [0.3, 0.4) is 0 Å². The average Bonchev–Trinajstić information content (AvgIpc) is 3.11. The third kappa shape index (κ3) is 4.11. The molecule has 4 rings (SSSR count). The fourth-order valence-corrected chi connectivity index (χ4v) is 8.97. The van der Waals surface area contributed by atoms with Crippen molar-refractivity contribution in [2.24, 2.45) is 45.8 Å². The van der Waals surface area contributed by atoms with Crippen molar-refractivity contribution >= 4 is 11.9 Å². The summed E-state index contributed by atoms with van der Waals surface area (Å²) in [6.07, 6.45) is 7.54. The summed E-state index contributed by atoms with van der Waals surface area (Å²) >= 11 is 0. The van der Waals surface area contributed by atoms with Crippen molar-refractivity contribution in [3.63, 3.8) is 0 Å². The van der Waals surface area contributed by atoms with Crippen LogP contribution in [0.25, 0.3) is 0 Å². The molecule has 0 aromatic rings. The zero-order valence-electron chi connectivity index (χ0n) is 22.7. The number of carbonyl (C=O) groups is 2. The van der Waals surface area contributed by atoms with Crippen molar-refractivity contribution in [2.75, 3.05) is 19.6 Å². The number of hydrogen-bond donors (Lipinski definition) is 1. The molecule has 0 aromatic carbocycles. The minimum atomic E-state index is -0.241. The van der Waals surface area contributed by atoms with Gasteiger partial charge in [-0.1, -0.05) is 34.6 Å². The standard InChI is InChI=1S/C28H47N3O3/c1-8-29-25(33)30(17-26(3,4)5)24(32)23-12-11-21-19-9-10-20-18(2)31(34)16-15-28(20,7)22(19)13-14-27(21,23)6/h18-23H,8-17H2,1-7H3/p+1/t18?,19-,20-,21-,22-,23+,27-,28-/m0/s1. The van der Waals surface area contributed by atoms with Crippen LogP contribution >= 0.6 is 0 Å². The Morgan fingerprint density at radius 3 is 2.26 bits per heavy atom. The molecule has 1 heterocycles. The van der Waals surface area contributed by atoms with Crippen LogP contribution in [0.2, 0.25) is 0 Å². The van der Waals surface area contributed by atoms with E-state index in [1.54, 1.807) is 0 Å². The lowest BCUT2D eigenvalue weighted by Gasteiger charge is -2.59. The van der Waals surface area contributed by atoms with Crippen molar-refractivity contribution < 1.29 is 14.3 Å². The smallest absolute Gasteiger partial charge is 0.324 e. The van der Waals surface area contributed by atoms with Gasteiger partial charge in [0.25, 0.3) is 0 Å². The van der Waals surface area contributed by atoms with E-state index >= 15 is 0 Å². The maximum atomic E-state index is 14.0. The van der Waals surface area contributed by atoms with E-state index in [0.29, 0.717) is 43.3 Å². The number of nitrogens with one attached hydrogen (secondary N) is 1. The molecule has 3 amide bonds. The van der Waals surface area contributed by atoms with Gasteiger partial charge < -0.3 is 5.32 Å². The third-order valence-corrected chi connectivity index (χ3v) is 10.6. The first kappa shape index (κ1) is 25.6. The van der Waals surface area contributed by atoms with Gasteiger partial charge in [-0.2, -0.15) is 0 Å². The van der Waals surface area contributed by atoms with Crippen molar-refractivity contribution in [1.82, 2.24) is 10.2 Å². The zero-order chi connectivity index (χ0) is 25.1. The second-order valence-corrected chi connectivity index (χ2v) is 13.7. The summed E-state index contributed by atoms with van der Waals surface area (Å²) in [5, 5.41) is 2.88. The summed E-state index contributed by atoms with van der Waals surface area (Å²) in [7, 11) is 0. The summed E-state index contributed by atoms with van der Waals surface area (Å²) in [4.78, 5) is 40.8. The highest BCUT2D eigenvalue weighted by Crippen LogP contribution is 2.67. The fraction of sp³-hybridized carbons (Fsp3) is 0.929. The lowest BCUT2D eigenvalue weighted by Crippen LogP contribution is -2.59. The number of amides is 3. The van der Waals surface area contributed by atoms with Crippen LogP contribution in [-0.2, 0) is 4.79 Å². The molecule has 34 heavy (non-hydrogen) atoms. The SMILES string of the molecule is CCNC(=O)N(CC(C)(C)C)C(=O)[C@H]1CC[C@H]2[C@@H]3CC[C@H]4C(C)[N+](=O)CC[C@]4(C)[C@H]3CC[C@]12C. The molecular weight excluding hydrogens is 426 g/mol. The van der Waals surface area contributed by atoms with E-state index in [0.717, 1.165) is 38.5 Å². The zero-order valence-corrected chi connectivity index (χ0v) is 22.7. The Morgan fingerprint density at radius 1 is 0.971 bits per heavy atom. The molecule has 4 fully saturated rings. The molecule has 3 saturated carbocycles. The van der Waals surface area contributed by atoms with E-state index < -0.39 is 0 Å². The number of hydrogen-bond acceptors (Lipinski definition) is 3. The predicted molar refractivity (Wildman–Crippen MR) is 134 cm³/mol. The highest BCUT2D eigenvalue weighted by molar-refractivity contribution is 5.96. The minimum absolute atomic E-state index is 0.0328. The summed E-state index contributed by atoms with van der Waals surface area (Å²) in [5.74, 6) is 2.30. The van der Waals surface area contributed by atoms with Crippen LogP contribution in [0.1, 0.15) is 93.4 Å². The first-order valence-corrected chi connectivity index (χ1v) is 13.9. The summed E-state index contributed by atoms with van der Waals surface area (Å²) < 4.78 is 1.33. The number of piperidine rings is 1. The van der Waals surface area contributed by atoms with E-state index in [1.807, 2.05) is 6.92 Å². The van der Waals surface area contributed by atoms with Gasteiger partial charge in [-0.05, 0) is 79.4 Å². The normalized spacial score (nSPS) is 41.8. The number of nitrogens with zero attached hydrogens (tertiary/aromatic N) is 2. The number of carbonyl (C=O) groups excluding carboxylic acids is 2. The second-order valence-electron chi connectivity index (χ2n) is 13.7. The van der Waals surface area contributed by atoms with E-state index in [4.69, 9.17) is 0 Å². The van der Waals surface area contributed by atoms with Gasteiger partial charge in [0.05, 0.1) is 0 Å². The second kappa shape index (κ2) is 8.89. The van der Waals surface area contributed by atoms with Crippen molar-refractivity contribution in [3.8, 4) is 0 Å². The van der Waals surface area contributed by atoms with Gasteiger partial charge in [-0.15, -0.1) is 0 Å². The molecule has 192 valence electrons. The molecular formula is C28H48N3O3+. The number of nitroso groups, excluding NO2 is 1. The largest absolute Gasteiger partial charge is 0.338 e. The molecule has 1 aliphatic heterocycles. The molecule has 4 aliphatic rings. The lowest BCUT2D eigenvalue weighted by molar-refractivity contribution is -0.612. The van der Waals surface area contributed by atoms with Crippen molar-refractivity contribution in [2.45, 2.75) is 99.5 Å². The fourth-order valence-electron chi connectivity index (χ4n) is 8.97. The number of rotatable bonds is 3. The molecule has 6 nitrogen and oxygen atoms in total. The van der Waals surface area contributed by atoms with Crippen LogP contribution in [0.4, 0.5) is 4.79 Å². The van der Waals surface area contributed by atoms with E-state index in [-0.39, 0.29) is 40.1 Å². The molecule has 6 heteroatoms. The average molecular weight is 475 g/mol. The number of imide groups is 1. The quantitative estimate of drug-likeness (QED) is 0.538. The Balaban J connectivity index is 1.57. The van der Waals surface area contributed by atoms with E-state index in [9.17, 15) is 14.5 Å². The Labute approximate surface area is 206 Å². The lowest BCUT2D eigenvalue weighted by atomic mass is 9.45. The summed E-state index contributed by atoms with van der Waals surface area (Å²) in [5.41, 5.74) is 0.0677. The topological polar surface area (TPSA) is 69.5 Å². The molecule has 1 unspecified atom stereocenters. The van der Waals surface area contributed by atoms with Gasteiger partial charge in [0.2, 0.25) is 11.9 Å². The van der Waals surface area contributed by atoms with Crippen LogP contribution in [0, 0.1) is 50.7 Å². The summed E-state index contributed by atoms with van der Waals surface area (Å²) in [6.45, 7) is 16.8. The van der Waals surface area contributed by atoms with Gasteiger partial charge in [-0.3, -0.25) is 9.69 Å². The molecule has 3 aliphatic carbocycles. The maximum absolute atomic E-state index is 14.0. The van der Waals surface area contributed by atoms with Gasteiger partial charge >= 0.3 is 6.03 Å². The monoisotopic (exact) mass is 474 g/mol. The molecule has 0 radical (unpaired) electrons. The van der Waals surface area contributed by atoms with Gasteiger partial charge in [-0.25, -0.2) is 4.79 Å². The van der Waals surface area contributed by atoms with Crippen molar-refractivity contribution in [1.29, 1.82) is 0 Å². The Hall–Kier alpha value is -1.46. The Morgan fingerprint density at radius 2 is 1.62 bits per heavy atom. The van der Waals surface area contributed by atoms with E-state index in [1.165, 1.54) is 16.1 Å². The molecule has 1 N–H and O–H groups in total. The van der Waals surface area contributed by atoms with Crippen LogP contribution in [-0.4, -0.2) is 47.3 Å². The molecule has 0 aromatic heterocycles. The maximum Gasteiger partial charge on any atom is 0.324 e. The van der Waals surface area contributed by atoms with E-state index in [2.05, 4.69) is 46.9 Å². The van der Waals surface area contributed by atoms with Crippen molar-refractivity contribution in [3.05, 3.63) is 4.91 Å². The molecule has 0 bridgehead atoms. The molecule has 1 saturated heterocycles. The first-order valence-electron chi connectivity index (χ1n) is 13.9. The van der Waals surface area contributed by atoms with Gasteiger partial charge in [0, 0.05) is 47.9 Å². The molecule has 8 atom stereocenters. The Bertz CT molecular complexity index is 835. The third-order valence-electron chi connectivity index (χ3n) is 10.6. The van der Waals surface area contributed by atoms with Crippen LogP contribution in [0.15, 0.2) is 0 Å². The molecule has 0 spiro atoms. The van der Waals surface area contributed by atoms with Crippen LogP contribution in [0.5, 0.6) is 0 Å². The van der Waals surface area contributed by atoms with Gasteiger partial charge in [0.15, 0.2) is 6.54 Å². The highest BCUT2D eigenvalue weighted by Gasteiger charge is 2.64. The summed E-state index contributed by atoms with van der Waals surface area (Å²) in [6, 6.07) is -0.122. The van der Waals surface area contributed by atoms with Gasteiger partial charge in [0.1, 0.15) is 0 Å². The number of fused-ring (bicyclic) bond motifs is 5. The first-order chi connectivity index (χ1) is 15.8. The minimum Gasteiger partial charge on any atom is -0.338 e. The Kier molecular flexibility index (Phi) is 6.70.